The molecule has 2 heterocycles. The molecule has 0 saturated heterocycles. The number of benzene rings is 1. The summed E-state index contributed by atoms with van der Waals surface area (Å²) in [5, 5.41) is 8.80. The van der Waals surface area contributed by atoms with Crippen LogP contribution in [-0.4, -0.2) is 28.1 Å². The molecule has 0 bridgehead atoms. The molecular formula is C18H19ClN4O2S. The molecule has 0 aliphatic heterocycles. The van der Waals surface area contributed by atoms with Gasteiger partial charge < -0.3 is 11.1 Å². The number of para-hydroxylation sites is 1. The third kappa shape index (κ3) is 3.32. The van der Waals surface area contributed by atoms with Crippen molar-refractivity contribution < 1.29 is 9.59 Å². The number of thiophene rings is 1. The van der Waals surface area contributed by atoms with Crippen molar-refractivity contribution in [3.8, 4) is 5.69 Å². The van der Waals surface area contributed by atoms with Gasteiger partial charge in [0.25, 0.3) is 5.91 Å². The molecule has 2 amide bonds. The van der Waals surface area contributed by atoms with Crippen molar-refractivity contribution in [2.75, 3.05) is 6.54 Å². The lowest BCUT2D eigenvalue weighted by molar-refractivity contribution is -0.125. The number of aryl methyl sites for hydroxylation is 1. The van der Waals surface area contributed by atoms with Crippen LogP contribution in [0.25, 0.3) is 15.9 Å². The first-order valence-corrected chi connectivity index (χ1v) is 9.22. The highest BCUT2D eigenvalue weighted by Crippen LogP contribution is 2.32. The van der Waals surface area contributed by atoms with E-state index in [0.717, 1.165) is 21.6 Å². The van der Waals surface area contributed by atoms with Gasteiger partial charge in [-0.3, -0.25) is 9.59 Å². The van der Waals surface area contributed by atoms with E-state index >= 15 is 0 Å². The highest BCUT2D eigenvalue weighted by Gasteiger charge is 2.26. The summed E-state index contributed by atoms with van der Waals surface area (Å²) >= 11 is 7.62. The minimum atomic E-state index is -0.809. The minimum absolute atomic E-state index is 0.172. The monoisotopic (exact) mass is 390 g/mol. The molecule has 0 aliphatic carbocycles. The molecule has 26 heavy (non-hydrogen) atoms. The van der Waals surface area contributed by atoms with Gasteiger partial charge in [-0.1, -0.05) is 23.7 Å². The van der Waals surface area contributed by atoms with Crippen molar-refractivity contribution in [2.24, 2.45) is 11.1 Å². The Kier molecular flexibility index (Phi) is 4.77. The quantitative estimate of drug-likeness (QED) is 0.700. The summed E-state index contributed by atoms with van der Waals surface area (Å²) in [5.74, 6) is -0.704. The van der Waals surface area contributed by atoms with Crippen LogP contribution >= 0.6 is 22.9 Å². The number of aromatic nitrogens is 2. The van der Waals surface area contributed by atoms with Crippen LogP contribution in [0, 0.1) is 12.3 Å². The van der Waals surface area contributed by atoms with E-state index in [2.05, 4.69) is 10.4 Å². The summed E-state index contributed by atoms with van der Waals surface area (Å²) in [7, 11) is 0. The molecule has 8 heteroatoms. The third-order valence-corrected chi connectivity index (χ3v) is 5.64. The Balaban J connectivity index is 1.93. The highest BCUT2D eigenvalue weighted by atomic mass is 35.5. The lowest BCUT2D eigenvalue weighted by atomic mass is 9.93. The Labute approximate surface area is 159 Å². The molecule has 0 unspecified atom stereocenters. The van der Waals surface area contributed by atoms with E-state index in [4.69, 9.17) is 17.3 Å². The lowest BCUT2D eigenvalue weighted by Gasteiger charge is -2.20. The van der Waals surface area contributed by atoms with Gasteiger partial charge in [-0.15, -0.1) is 11.3 Å². The summed E-state index contributed by atoms with van der Waals surface area (Å²) in [6.45, 7) is 5.45. The molecule has 0 spiro atoms. The number of amides is 2. The van der Waals surface area contributed by atoms with Crippen LogP contribution in [0.2, 0.25) is 5.02 Å². The zero-order chi connectivity index (χ0) is 19.1. The van der Waals surface area contributed by atoms with E-state index in [0.29, 0.717) is 9.90 Å². The van der Waals surface area contributed by atoms with Crippen LogP contribution < -0.4 is 11.1 Å². The predicted octanol–water partition coefficient (Wildman–Crippen LogP) is 3.29. The molecule has 0 fully saturated rings. The topological polar surface area (TPSA) is 90.0 Å². The van der Waals surface area contributed by atoms with Crippen LogP contribution in [0.15, 0.2) is 30.3 Å². The lowest BCUT2D eigenvalue weighted by Crippen LogP contribution is -2.42. The fraction of sp³-hybridized carbons (Fsp3) is 0.278. The molecule has 3 aromatic rings. The first kappa shape index (κ1) is 18.4. The van der Waals surface area contributed by atoms with Crippen LogP contribution in [0.1, 0.15) is 29.2 Å². The van der Waals surface area contributed by atoms with E-state index in [1.807, 2.05) is 31.2 Å². The van der Waals surface area contributed by atoms with Crippen LogP contribution in [0.5, 0.6) is 0 Å². The van der Waals surface area contributed by atoms with Crippen LogP contribution in [0.4, 0.5) is 0 Å². The number of nitrogens with two attached hydrogens (primary N) is 1. The summed E-state index contributed by atoms with van der Waals surface area (Å²) in [5.41, 5.74) is 6.11. The molecule has 0 saturated carbocycles. The zero-order valence-electron chi connectivity index (χ0n) is 14.7. The van der Waals surface area contributed by atoms with Gasteiger partial charge in [0.15, 0.2) is 0 Å². The second kappa shape index (κ2) is 6.74. The molecule has 0 atom stereocenters. The molecule has 0 aliphatic rings. The fourth-order valence-corrected chi connectivity index (χ4v) is 3.73. The standard InChI is InChI=1S/C18H19ClN4O2S/c1-10-11-8-14(15(24)21-9-18(2,3)17(20)25)26-16(11)23(22-10)13-7-5-4-6-12(13)19/h4-8H,9H2,1-3H3,(H2,20,25)(H,21,24). The second-order valence-corrected chi connectivity index (χ2v) is 8.15. The number of halogens is 1. The average Bonchev–Trinajstić information content (AvgIpc) is 3.14. The largest absolute Gasteiger partial charge is 0.369 e. The number of nitrogens with zero attached hydrogens (tertiary/aromatic N) is 2. The summed E-state index contributed by atoms with van der Waals surface area (Å²) < 4.78 is 1.75. The zero-order valence-corrected chi connectivity index (χ0v) is 16.2. The molecule has 6 nitrogen and oxygen atoms in total. The van der Waals surface area contributed by atoms with E-state index in [1.165, 1.54) is 11.3 Å². The van der Waals surface area contributed by atoms with E-state index in [1.54, 1.807) is 24.6 Å². The Morgan fingerprint density at radius 3 is 2.69 bits per heavy atom. The van der Waals surface area contributed by atoms with Crippen molar-refractivity contribution in [1.82, 2.24) is 15.1 Å². The van der Waals surface area contributed by atoms with Crippen molar-refractivity contribution in [1.29, 1.82) is 0 Å². The van der Waals surface area contributed by atoms with Gasteiger partial charge in [0, 0.05) is 11.9 Å². The fourth-order valence-electron chi connectivity index (χ4n) is 2.42. The van der Waals surface area contributed by atoms with E-state index in [9.17, 15) is 9.59 Å². The minimum Gasteiger partial charge on any atom is -0.369 e. The van der Waals surface area contributed by atoms with Gasteiger partial charge in [-0.2, -0.15) is 5.10 Å². The van der Waals surface area contributed by atoms with Gasteiger partial charge in [0.2, 0.25) is 5.91 Å². The van der Waals surface area contributed by atoms with Crippen molar-refractivity contribution >= 4 is 45.0 Å². The van der Waals surface area contributed by atoms with E-state index < -0.39 is 11.3 Å². The van der Waals surface area contributed by atoms with Crippen LogP contribution in [0.3, 0.4) is 0 Å². The Morgan fingerprint density at radius 1 is 1.35 bits per heavy atom. The summed E-state index contributed by atoms with van der Waals surface area (Å²) in [6, 6.07) is 9.22. The molecular weight excluding hydrogens is 372 g/mol. The number of carbonyl (C=O) groups excluding carboxylic acids is 2. The van der Waals surface area contributed by atoms with Crippen molar-refractivity contribution in [3.05, 3.63) is 45.9 Å². The number of fused-ring (bicyclic) bond motifs is 1. The SMILES string of the molecule is Cc1nn(-c2ccccc2Cl)c2sc(C(=O)NCC(C)(C)C(N)=O)cc12. The van der Waals surface area contributed by atoms with Crippen molar-refractivity contribution in [3.63, 3.8) is 0 Å². The molecule has 3 rings (SSSR count). The number of carbonyl (C=O) groups is 2. The molecule has 2 aromatic heterocycles. The third-order valence-electron chi connectivity index (χ3n) is 4.21. The smallest absolute Gasteiger partial charge is 0.261 e. The van der Waals surface area contributed by atoms with Gasteiger partial charge in [0.1, 0.15) is 4.83 Å². The van der Waals surface area contributed by atoms with Crippen molar-refractivity contribution in [2.45, 2.75) is 20.8 Å². The Morgan fingerprint density at radius 2 is 2.04 bits per heavy atom. The summed E-state index contributed by atoms with van der Waals surface area (Å²) in [6.07, 6.45) is 0. The molecule has 3 N–H and O–H groups in total. The van der Waals surface area contributed by atoms with Gasteiger partial charge in [0.05, 0.1) is 26.7 Å². The molecule has 1 aromatic carbocycles. The maximum Gasteiger partial charge on any atom is 0.261 e. The Bertz CT molecular complexity index is 1010. The average molecular weight is 391 g/mol. The van der Waals surface area contributed by atoms with Gasteiger partial charge in [-0.25, -0.2) is 4.68 Å². The second-order valence-electron chi connectivity index (χ2n) is 6.71. The first-order chi connectivity index (χ1) is 12.2. The van der Waals surface area contributed by atoms with Gasteiger partial charge >= 0.3 is 0 Å². The van der Waals surface area contributed by atoms with E-state index in [-0.39, 0.29) is 12.5 Å². The number of nitrogens with one attached hydrogen (secondary N) is 1. The molecule has 136 valence electrons. The maximum atomic E-state index is 12.5. The number of hydrogen-bond acceptors (Lipinski definition) is 4. The van der Waals surface area contributed by atoms with Crippen LogP contribution in [-0.2, 0) is 4.79 Å². The molecule has 0 radical (unpaired) electrons. The maximum absolute atomic E-state index is 12.5. The van der Waals surface area contributed by atoms with Gasteiger partial charge in [-0.05, 0) is 39.0 Å². The number of hydrogen-bond donors (Lipinski definition) is 2. The highest BCUT2D eigenvalue weighted by molar-refractivity contribution is 7.20. The number of primary amides is 1. The predicted molar refractivity (Wildman–Crippen MR) is 104 cm³/mol. The summed E-state index contributed by atoms with van der Waals surface area (Å²) in [4.78, 5) is 25.3. The Hall–Kier alpha value is -2.38. The normalized spacial score (nSPS) is 11.7. The first-order valence-electron chi connectivity index (χ1n) is 8.03. The number of rotatable bonds is 5.